The van der Waals surface area contributed by atoms with Gasteiger partial charge < -0.3 is 26.1 Å². The summed E-state index contributed by atoms with van der Waals surface area (Å²) in [5, 5.41) is 10.4. The Hall–Kier alpha value is -11.5. The fourth-order valence-electron chi connectivity index (χ4n) is 13.0. The predicted molar refractivity (Wildman–Crippen MR) is 406 cm³/mol. The van der Waals surface area contributed by atoms with E-state index in [1.54, 1.807) is 66.7 Å². The maximum absolute atomic E-state index is 12.5. The van der Waals surface area contributed by atoms with Crippen LogP contribution in [-0.4, -0.2) is 57.7 Å². The molecular weight excluding hydrogens is 1310 g/mol. The number of fused-ring (bicyclic) bond motifs is 1. The first-order chi connectivity index (χ1) is 49.4. The van der Waals surface area contributed by atoms with Gasteiger partial charge in [-0.05, 0) is 131 Å². The van der Waals surface area contributed by atoms with Crippen molar-refractivity contribution in [3.8, 4) is 34.0 Å². The number of carbonyl (C=O) groups is 2. The van der Waals surface area contributed by atoms with Crippen LogP contribution in [0.4, 0.5) is 11.4 Å². The van der Waals surface area contributed by atoms with Gasteiger partial charge in [-0.15, -0.1) is 0 Å². The number of hydrogen-bond acceptors (Lipinski definition) is 10. The summed E-state index contributed by atoms with van der Waals surface area (Å²) in [4.78, 5) is 36.0. The number of imidazole rings is 2. The number of ether oxygens (including phenoxy) is 1. The summed E-state index contributed by atoms with van der Waals surface area (Å²) in [6, 6.07) is 107. The van der Waals surface area contributed by atoms with Crippen molar-refractivity contribution < 1.29 is 63.0 Å². The summed E-state index contributed by atoms with van der Waals surface area (Å²) < 4.78 is 40.3. The zero-order valence-corrected chi connectivity index (χ0v) is 59.2. The maximum Gasteiger partial charge on any atom is 1.00 e. The van der Waals surface area contributed by atoms with Gasteiger partial charge in [0.2, 0.25) is 0 Å². The Kier molecular flexibility index (Phi) is 23.5. The molecule has 0 saturated carbocycles. The van der Waals surface area contributed by atoms with Gasteiger partial charge in [-0.25, -0.2) is 14.9 Å². The van der Waals surface area contributed by atoms with E-state index in [1.165, 1.54) is 17.7 Å². The number of nitrogens with zero attached hydrogens (tertiary/aromatic N) is 5. The minimum Gasteiger partial charge on any atom is -1.00 e. The van der Waals surface area contributed by atoms with E-state index >= 15 is 0 Å². The van der Waals surface area contributed by atoms with Gasteiger partial charge in [-0.2, -0.15) is 8.42 Å². The number of rotatable bonds is 20. The topological polar surface area (TPSA) is 172 Å². The normalized spacial score (nSPS) is 11.8. The van der Waals surface area contributed by atoms with Gasteiger partial charge >= 0.3 is 29.6 Å². The Bertz CT molecular complexity index is 4990. The monoisotopic (exact) mass is 1380 g/mol. The first kappa shape index (κ1) is 72.8. The summed E-state index contributed by atoms with van der Waals surface area (Å²) in [5.41, 5.74) is 19.7. The van der Waals surface area contributed by atoms with Crippen molar-refractivity contribution in [2.24, 2.45) is 0 Å². The molecule has 0 saturated heterocycles. The number of aromatic nitrogens is 4. The number of hydrogen-bond donors (Lipinski definition) is 2. The van der Waals surface area contributed by atoms with Crippen molar-refractivity contribution in [3.63, 3.8) is 0 Å². The molecule has 0 atom stereocenters. The van der Waals surface area contributed by atoms with Crippen LogP contribution in [0.15, 0.2) is 358 Å². The number of anilines is 2. The molecule has 0 bridgehead atoms. The summed E-state index contributed by atoms with van der Waals surface area (Å²) in [6.45, 7) is 2.43. The Balaban J connectivity index is 0.000000167. The first-order valence-corrected chi connectivity index (χ1v) is 34.6. The standard InChI is InChI=1S/C36H31N3O.C28H22N2O.C23H19NO5S.CH4.Na.H/c37-32-22-20-28(21-23-32)24-25-40-35-19-11-10-18-33(35)34-26-39(27-38-34)36(29-12-4-1-5-13-29,30-14-6-2-7-15-30)31-16-8-3-9-17-31;31-27-19-11-10-18-25(27)26-20-30(21-29-26)28(22-12-4-1-5-13-22,23-14-6-2-7-15-23)24-16-8-3-9-17-24;1-16-6-12-19(13-7-16)30(27,28)29-15-14-17-8-10-18(11-9-17)24-22(25)20-4-2-3-5-21(20)23(24)26;;;/h1-23,26-27H,24-25,37H2;1-21,31H;2-13H,14-15H2,1H3;1H4;;/q;;;;+1;-1. The van der Waals surface area contributed by atoms with Crippen LogP contribution in [0.2, 0.25) is 0 Å². The van der Waals surface area contributed by atoms with Gasteiger partial charge in [0.25, 0.3) is 21.9 Å². The minimum absolute atomic E-state index is 0. The molecule has 1 aliphatic rings. The second-order valence-corrected chi connectivity index (χ2v) is 25.9. The number of amides is 2. The van der Waals surface area contributed by atoms with Crippen LogP contribution in [0, 0.1) is 6.92 Å². The molecule has 508 valence electrons. The van der Waals surface area contributed by atoms with Gasteiger partial charge in [-0.3, -0.25) is 13.8 Å². The van der Waals surface area contributed by atoms with E-state index < -0.39 is 21.2 Å². The molecule has 14 aromatic rings. The Morgan fingerprint density at radius 2 is 0.777 bits per heavy atom. The van der Waals surface area contributed by atoms with Gasteiger partial charge in [0.05, 0.1) is 59.0 Å². The molecule has 103 heavy (non-hydrogen) atoms. The Morgan fingerprint density at radius 3 is 1.19 bits per heavy atom. The van der Waals surface area contributed by atoms with Crippen molar-refractivity contribution in [3.05, 3.63) is 414 Å². The number of nitrogens with two attached hydrogens (primary N) is 1. The average molecular weight is 1390 g/mol. The summed E-state index contributed by atoms with van der Waals surface area (Å²) in [5.74, 6) is 0.331. The van der Waals surface area contributed by atoms with Crippen LogP contribution in [-0.2, 0) is 38.2 Å². The molecule has 15 rings (SSSR count). The summed E-state index contributed by atoms with van der Waals surface area (Å²) in [6.07, 6.45) is 9.11. The Morgan fingerprint density at radius 1 is 0.427 bits per heavy atom. The van der Waals surface area contributed by atoms with Crippen molar-refractivity contribution in [1.29, 1.82) is 0 Å². The minimum atomic E-state index is -3.81. The molecule has 0 radical (unpaired) electrons. The van der Waals surface area contributed by atoms with Gasteiger partial charge in [0, 0.05) is 35.6 Å². The molecule has 0 fully saturated rings. The molecule has 15 heteroatoms. The predicted octanol–water partition coefficient (Wildman–Crippen LogP) is 15.2. The van der Waals surface area contributed by atoms with Crippen LogP contribution in [0.1, 0.15) is 79.6 Å². The molecule has 0 aliphatic carbocycles. The molecular formula is C88H77N6NaO7S. The van der Waals surface area contributed by atoms with E-state index in [4.69, 9.17) is 24.6 Å². The number of aromatic hydroxyl groups is 1. The third kappa shape index (κ3) is 15.7. The summed E-state index contributed by atoms with van der Waals surface area (Å²) >= 11 is 0. The third-order valence-corrected chi connectivity index (χ3v) is 19.3. The fourth-order valence-corrected chi connectivity index (χ4v) is 13.9. The first-order valence-electron chi connectivity index (χ1n) is 33.2. The van der Waals surface area contributed by atoms with Crippen molar-refractivity contribution in [1.82, 2.24) is 19.1 Å². The number of benzene rings is 12. The third-order valence-electron chi connectivity index (χ3n) is 18.0. The van der Waals surface area contributed by atoms with Crippen LogP contribution < -0.4 is 44.9 Å². The zero-order valence-electron chi connectivity index (χ0n) is 57.4. The molecule has 12 aromatic carbocycles. The van der Waals surface area contributed by atoms with Crippen LogP contribution >= 0.6 is 0 Å². The number of aryl methyl sites for hydroxylation is 1. The molecule has 1 aliphatic heterocycles. The SMILES string of the molecule is C.Cc1ccc(S(=O)(=O)OCCc2ccc(N3C(=O)c4ccccc4C3=O)cc2)cc1.Nc1ccc(CCOc2ccccc2-c2cn(C(c3ccccc3)(c3ccccc3)c3ccccc3)cn2)cc1.Oc1ccccc1-c1cn(C(c2ccccc2)(c2ccccc2)c2ccccc2)cn1.[H-].[Na+]. The fraction of sp³-hybridized carbons (Fsp3) is 0.0909. The van der Waals surface area contributed by atoms with E-state index in [1.807, 2.05) is 105 Å². The van der Waals surface area contributed by atoms with Crippen molar-refractivity contribution in [2.75, 3.05) is 23.8 Å². The van der Waals surface area contributed by atoms with Crippen molar-refractivity contribution in [2.45, 2.75) is 43.2 Å². The summed E-state index contributed by atoms with van der Waals surface area (Å²) in [7, 11) is -3.81. The largest absolute Gasteiger partial charge is 1.00 e. The van der Waals surface area contributed by atoms with E-state index in [2.05, 4.69) is 185 Å². The van der Waals surface area contributed by atoms with E-state index in [0.29, 0.717) is 35.4 Å². The smallest absolute Gasteiger partial charge is 1.00 e. The number of phenols is 1. The van der Waals surface area contributed by atoms with Crippen LogP contribution in [0.25, 0.3) is 22.5 Å². The molecule has 0 unspecified atom stereocenters. The average Bonchev–Trinajstić information content (AvgIpc) is 1.32. The number of phenolic OH excluding ortho intramolecular Hbond substituents is 1. The van der Waals surface area contributed by atoms with Crippen LogP contribution in [0.5, 0.6) is 11.5 Å². The van der Waals surface area contributed by atoms with Gasteiger partial charge in [0.15, 0.2) is 0 Å². The number of para-hydroxylation sites is 2. The second kappa shape index (κ2) is 33.3. The van der Waals surface area contributed by atoms with Gasteiger partial charge in [-0.1, -0.05) is 268 Å². The van der Waals surface area contributed by atoms with E-state index in [9.17, 15) is 23.1 Å². The molecule has 2 amide bonds. The van der Waals surface area contributed by atoms with Crippen molar-refractivity contribution >= 4 is 33.3 Å². The van der Waals surface area contributed by atoms with E-state index in [-0.39, 0.29) is 67.5 Å². The molecule has 2 aromatic heterocycles. The Labute approximate surface area is 625 Å². The number of nitrogen functional groups attached to an aromatic ring is 1. The number of imide groups is 1. The number of carbonyl (C=O) groups excluding carboxylic acids is 2. The molecule has 0 spiro atoms. The quantitative estimate of drug-likeness (QED) is 0.0246. The zero-order chi connectivity index (χ0) is 69.6. The van der Waals surface area contributed by atoms with Crippen LogP contribution in [0.3, 0.4) is 0 Å². The molecule has 13 nitrogen and oxygen atoms in total. The maximum atomic E-state index is 12.5. The van der Waals surface area contributed by atoms with Gasteiger partial charge in [0.1, 0.15) is 22.6 Å². The van der Waals surface area contributed by atoms with E-state index in [0.717, 1.165) is 84.2 Å². The second-order valence-electron chi connectivity index (χ2n) is 24.3. The molecule has 3 heterocycles. The molecule has 3 N–H and O–H groups in total.